The number of hydrogen-bond donors (Lipinski definition) is 0. The van der Waals surface area contributed by atoms with Gasteiger partial charge < -0.3 is 9.80 Å². The molecule has 0 saturated heterocycles. The van der Waals surface area contributed by atoms with Gasteiger partial charge in [-0.15, -0.1) is 0 Å². The van der Waals surface area contributed by atoms with Crippen molar-refractivity contribution < 1.29 is 0 Å². The van der Waals surface area contributed by atoms with Crippen molar-refractivity contribution in [3.63, 3.8) is 0 Å². The van der Waals surface area contributed by atoms with Crippen LogP contribution in [0.2, 0.25) is 5.02 Å². The first-order valence-corrected chi connectivity index (χ1v) is 22.8. The number of hydrogen-bond acceptors (Lipinski definition) is 2. The molecule has 59 heavy (non-hydrogen) atoms. The van der Waals surface area contributed by atoms with Crippen molar-refractivity contribution in [2.75, 3.05) is 9.80 Å². The van der Waals surface area contributed by atoms with E-state index in [1.54, 1.807) is 5.56 Å². The molecule has 0 atom stereocenters. The maximum atomic E-state index is 7.92. The summed E-state index contributed by atoms with van der Waals surface area (Å²) in [5.41, 5.74) is 13.5. The Morgan fingerprint density at radius 1 is 0.424 bits per heavy atom. The summed E-state index contributed by atoms with van der Waals surface area (Å²) < 4.78 is 0. The topological polar surface area (TPSA) is 6.48 Å². The molecule has 4 saturated carbocycles. The highest BCUT2D eigenvalue weighted by Gasteiger charge is 2.51. The maximum absolute atomic E-state index is 7.92. The van der Waals surface area contributed by atoms with E-state index in [0.717, 1.165) is 56.9 Å². The molecule has 5 aromatic carbocycles. The van der Waals surface area contributed by atoms with Gasteiger partial charge >= 0.3 is 0 Å². The summed E-state index contributed by atoms with van der Waals surface area (Å²) in [6.45, 7) is 27.6. The smallest absolute Gasteiger partial charge is 0.0887 e. The van der Waals surface area contributed by atoms with E-state index in [0.29, 0.717) is 5.41 Å². The summed E-state index contributed by atoms with van der Waals surface area (Å²) in [4.78, 5) is 4.77. The molecule has 0 spiro atoms. The standard InChI is InChI=1S/C56H69ClN2/c1-52(2,3)40-16-22-45(23-17-40)58(46-24-18-41(19-25-46)53(4,5)6)49-14-13-15-50(51(49)57)59(48-32-43(54(7,8)9)31-44(33-48)55(10,11)12)47-26-20-42(21-27-47)56-34-37-28-38(35-56)30-39(29-37)36-56/h13-27,31-33,37-39H,28-30,34-36H2,1-12H3. The molecule has 3 heteroatoms. The lowest BCUT2D eigenvalue weighted by molar-refractivity contribution is -0.00518. The maximum Gasteiger partial charge on any atom is 0.0887 e. The van der Waals surface area contributed by atoms with E-state index in [9.17, 15) is 0 Å². The number of benzene rings is 5. The molecule has 0 unspecified atom stereocenters. The molecule has 4 fully saturated rings. The third-order valence-electron chi connectivity index (χ3n) is 14.1. The Labute approximate surface area is 362 Å². The average molecular weight is 806 g/mol. The van der Waals surface area contributed by atoms with Gasteiger partial charge in [-0.1, -0.05) is 143 Å². The summed E-state index contributed by atoms with van der Waals surface area (Å²) >= 11 is 7.92. The van der Waals surface area contributed by atoms with Gasteiger partial charge in [-0.2, -0.15) is 0 Å². The molecular formula is C56H69ClN2. The number of rotatable bonds is 7. The summed E-state index contributed by atoms with van der Waals surface area (Å²) in [5.74, 6) is 2.73. The molecule has 0 aromatic heterocycles. The van der Waals surface area contributed by atoms with Crippen LogP contribution in [0.4, 0.5) is 34.1 Å². The van der Waals surface area contributed by atoms with Gasteiger partial charge in [-0.3, -0.25) is 0 Å². The lowest BCUT2D eigenvalue weighted by Gasteiger charge is -2.57. The van der Waals surface area contributed by atoms with Crippen LogP contribution in [-0.4, -0.2) is 0 Å². The van der Waals surface area contributed by atoms with Crippen molar-refractivity contribution in [3.05, 3.63) is 142 Å². The molecule has 0 amide bonds. The summed E-state index contributed by atoms with van der Waals surface area (Å²) in [7, 11) is 0. The lowest BCUT2D eigenvalue weighted by atomic mass is 9.48. The Balaban J connectivity index is 1.30. The van der Waals surface area contributed by atoms with E-state index in [-0.39, 0.29) is 21.7 Å². The highest BCUT2D eigenvalue weighted by molar-refractivity contribution is 6.36. The van der Waals surface area contributed by atoms with Crippen molar-refractivity contribution in [1.82, 2.24) is 0 Å². The van der Waals surface area contributed by atoms with Gasteiger partial charge in [0.15, 0.2) is 0 Å². The Kier molecular flexibility index (Phi) is 10.5. The van der Waals surface area contributed by atoms with Crippen molar-refractivity contribution in [2.24, 2.45) is 17.8 Å². The third-order valence-corrected chi connectivity index (χ3v) is 14.5. The van der Waals surface area contributed by atoms with Crippen LogP contribution in [0.5, 0.6) is 0 Å². The largest absolute Gasteiger partial charge is 0.309 e. The molecule has 310 valence electrons. The predicted molar refractivity (Wildman–Crippen MR) is 255 cm³/mol. The van der Waals surface area contributed by atoms with Crippen LogP contribution >= 0.6 is 11.6 Å². The molecule has 0 heterocycles. The molecule has 2 nitrogen and oxygen atoms in total. The van der Waals surface area contributed by atoms with Gasteiger partial charge in [0.05, 0.1) is 16.4 Å². The molecule has 4 aliphatic carbocycles. The highest BCUT2D eigenvalue weighted by Crippen LogP contribution is 2.61. The first-order chi connectivity index (χ1) is 27.6. The van der Waals surface area contributed by atoms with Gasteiger partial charge in [0.2, 0.25) is 0 Å². The van der Waals surface area contributed by atoms with Crippen LogP contribution in [0.25, 0.3) is 0 Å². The second kappa shape index (κ2) is 14.9. The van der Waals surface area contributed by atoms with Crippen molar-refractivity contribution in [1.29, 1.82) is 0 Å². The summed E-state index contributed by atoms with van der Waals surface area (Å²) in [6, 6.07) is 41.6. The van der Waals surface area contributed by atoms with Crippen LogP contribution < -0.4 is 9.80 Å². The normalized spacial score (nSPS) is 21.8. The molecular weight excluding hydrogens is 736 g/mol. The molecule has 4 aliphatic rings. The average Bonchev–Trinajstić information content (AvgIpc) is 3.15. The molecule has 0 N–H and O–H groups in total. The first-order valence-electron chi connectivity index (χ1n) is 22.5. The summed E-state index contributed by atoms with van der Waals surface area (Å²) in [5, 5.41) is 0.718. The van der Waals surface area contributed by atoms with Gasteiger partial charge in [-0.25, -0.2) is 0 Å². The number of halogens is 1. The minimum atomic E-state index is -0.0368. The Morgan fingerprint density at radius 3 is 1.12 bits per heavy atom. The van der Waals surface area contributed by atoms with E-state index in [4.69, 9.17) is 11.6 Å². The van der Waals surface area contributed by atoms with Crippen molar-refractivity contribution in [2.45, 2.75) is 149 Å². The minimum absolute atomic E-state index is 0.0368. The van der Waals surface area contributed by atoms with Gasteiger partial charge in [0.25, 0.3) is 0 Å². The lowest BCUT2D eigenvalue weighted by Crippen LogP contribution is -2.48. The number of anilines is 6. The van der Waals surface area contributed by atoms with Crippen LogP contribution in [0, 0.1) is 17.8 Å². The fourth-order valence-electron chi connectivity index (χ4n) is 11.0. The molecule has 4 bridgehead atoms. The monoisotopic (exact) mass is 805 g/mol. The summed E-state index contributed by atoms with van der Waals surface area (Å²) in [6.07, 6.45) is 8.46. The zero-order valence-corrected chi connectivity index (χ0v) is 38.9. The fraction of sp³-hybridized carbons (Fsp3) is 0.464. The second-order valence-corrected chi connectivity index (χ2v) is 23.3. The Bertz CT molecular complexity index is 2160. The Hall–Kier alpha value is -4.01. The molecule has 5 aromatic rings. The van der Waals surface area contributed by atoms with Gasteiger partial charge in [-0.05, 0) is 172 Å². The number of nitrogens with zero attached hydrogens (tertiary/aromatic N) is 2. The van der Waals surface area contributed by atoms with Gasteiger partial charge in [0.1, 0.15) is 0 Å². The third kappa shape index (κ3) is 8.25. The van der Waals surface area contributed by atoms with Crippen LogP contribution in [0.1, 0.15) is 149 Å². The Morgan fingerprint density at radius 2 is 0.763 bits per heavy atom. The van der Waals surface area contributed by atoms with E-state index in [1.165, 1.54) is 60.8 Å². The minimum Gasteiger partial charge on any atom is -0.309 e. The van der Waals surface area contributed by atoms with Gasteiger partial charge in [0, 0.05) is 22.7 Å². The van der Waals surface area contributed by atoms with Crippen LogP contribution in [0.3, 0.4) is 0 Å². The van der Waals surface area contributed by atoms with E-state index in [2.05, 4.69) is 202 Å². The first kappa shape index (κ1) is 41.7. The fourth-order valence-corrected chi connectivity index (χ4v) is 11.3. The SMILES string of the molecule is CC(C)(C)c1ccc(N(c2ccc(C(C)(C)C)cc2)c2cccc(N(c3ccc(C45CC6CC(CC(C6)C4)C5)cc3)c3cc(C(C)(C)C)cc(C(C)(C)C)c3)c2Cl)cc1. The molecule has 0 aliphatic heterocycles. The zero-order valence-electron chi connectivity index (χ0n) is 38.1. The van der Waals surface area contributed by atoms with Crippen molar-refractivity contribution in [3.8, 4) is 0 Å². The van der Waals surface area contributed by atoms with E-state index < -0.39 is 0 Å². The second-order valence-electron chi connectivity index (χ2n) is 22.9. The zero-order chi connectivity index (χ0) is 42.3. The van der Waals surface area contributed by atoms with Crippen molar-refractivity contribution >= 4 is 45.7 Å². The van der Waals surface area contributed by atoms with Crippen LogP contribution in [-0.2, 0) is 27.1 Å². The predicted octanol–water partition coefficient (Wildman–Crippen LogP) is 16.9. The van der Waals surface area contributed by atoms with Crippen LogP contribution in [0.15, 0.2) is 109 Å². The molecule has 0 radical (unpaired) electrons. The van der Waals surface area contributed by atoms with E-state index in [1.807, 2.05) is 0 Å². The highest BCUT2D eigenvalue weighted by atomic mass is 35.5. The quantitative estimate of drug-likeness (QED) is 0.162. The van der Waals surface area contributed by atoms with E-state index >= 15 is 0 Å². The molecule has 9 rings (SSSR count).